The minimum Gasteiger partial charge on any atom is -0.493 e. The predicted molar refractivity (Wildman–Crippen MR) is 83.5 cm³/mol. The molecule has 0 bridgehead atoms. The van der Waals surface area contributed by atoms with Crippen molar-refractivity contribution in [3.63, 3.8) is 0 Å². The maximum absolute atomic E-state index is 5.58. The molecule has 0 saturated carbocycles. The van der Waals surface area contributed by atoms with E-state index in [0.717, 1.165) is 44.7 Å². The van der Waals surface area contributed by atoms with Crippen LogP contribution in [-0.2, 0) is 13.0 Å². The Kier molecular flexibility index (Phi) is 4.55. The number of hydrogen-bond donors (Lipinski definition) is 1. The lowest BCUT2D eigenvalue weighted by molar-refractivity contribution is 0.356. The van der Waals surface area contributed by atoms with Gasteiger partial charge in [0.25, 0.3) is 0 Å². The topological polar surface area (TPSA) is 39.1 Å². The fourth-order valence-electron chi connectivity index (χ4n) is 2.88. The van der Waals surface area contributed by atoms with Crippen molar-refractivity contribution >= 4 is 0 Å². The summed E-state index contributed by atoms with van der Waals surface area (Å²) in [6, 6.07) is 7.05. The second-order valence-corrected chi connectivity index (χ2v) is 5.53. The Hall–Kier alpha value is -1.81. The third kappa shape index (κ3) is 3.45. The number of benzene rings is 1. The molecule has 0 saturated heterocycles. The summed E-state index contributed by atoms with van der Waals surface area (Å²) in [5.74, 6) is 1.06. The van der Waals surface area contributed by atoms with Gasteiger partial charge in [-0.2, -0.15) is 0 Å². The van der Waals surface area contributed by atoms with Gasteiger partial charge in [0.15, 0.2) is 0 Å². The molecule has 1 aliphatic heterocycles. The largest absolute Gasteiger partial charge is 0.493 e. The zero-order chi connectivity index (χ0) is 14.5. The van der Waals surface area contributed by atoms with E-state index in [1.54, 1.807) is 0 Å². The molecule has 1 unspecified atom stereocenters. The van der Waals surface area contributed by atoms with Crippen molar-refractivity contribution in [1.29, 1.82) is 0 Å². The molecule has 1 atom stereocenters. The SMILES string of the molecule is CCC(NCCCn1ccnc1)c1ccc2c(c1)CCO2. The van der Waals surface area contributed by atoms with Gasteiger partial charge in [-0.05, 0) is 36.6 Å². The lowest BCUT2D eigenvalue weighted by Crippen LogP contribution is -2.22. The number of nitrogens with zero attached hydrogens (tertiary/aromatic N) is 2. The van der Waals surface area contributed by atoms with Crippen LogP contribution in [0, 0.1) is 0 Å². The highest BCUT2D eigenvalue weighted by Gasteiger charge is 2.15. The first-order valence-corrected chi connectivity index (χ1v) is 7.81. The highest BCUT2D eigenvalue weighted by atomic mass is 16.5. The fraction of sp³-hybridized carbons (Fsp3) is 0.471. The van der Waals surface area contributed by atoms with Crippen LogP contribution in [0.2, 0.25) is 0 Å². The lowest BCUT2D eigenvalue weighted by Gasteiger charge is -2.18. The number of nitrogens with one attached hydrogen (secondary N) is 1. The standard InChI is InChI=1S/C17H23N3O/c1-2-16(19-7-3-9-20-10-8-18-13-20)14-4-5-17-15(12-14)6-11-21-17/h4-5,8,10,12-13,16,19H,2-3,6-7,9,11H2,1H3. The Bertz CT molecular complexity index is 565. The van der Waals surface area contributed by atoms with Gasteiger partial charge in [0.2, 0.25) is 0 Å². The predicted octanol–water partition coefficient (Wildman–Crippen LogP) is 2.95. The van der Waals surface area contributed by atoms with Crippen molar-refractivity contribution in [1.82, 2.24) is 14.9 Å². The van der Waals surface area contributed by atoms with E-state index in [2.05, 4.69) is 40.0 Å². The van der Waals surface area contributed by atoms with Gasteiger partial charge in [-0.3, -0.25) is 0 Å². The third-order valence-corrected chi connectivity index (χ3v) is 4.07. The molecule has 2 aromatic rings. The summed E-state index contributed by atoms with van der Waals surface area (Å²) in [6.07, 6.45) is 8.97. The van der Waals surface area contributed by atoms with Crippen LogP contribution in [0.15, 0.2) is 36.9 Å². The zero-order valence-corrected chi connectivity index (χ0v) is 12.6. The average molecular weight is 285 g/mol. The smallest absolute Gasteiger partial charge is 0.122 e. The second kappa shape index (κ2) is 6.76. The van der Waals surface area contributed by atoms with Gasteiger partial charge in [-0.25, -0.2) is 4.98 Å². The molecule has 1 aromatic carbocycles. The zero-order valence-electron chi connectivity index (χ0n) is 12.6. The van der Waals surface area contributed by atoms with Crippen molar-refractivity contribution in [3.05, 3.63) is 48.0 Å². The summed E-state index contributed by atoms with van der Waals surface area (Å²) in [4.78, 5) is 4.06. The minimum atomic E-state index is 0.429. The molecule has 3 rings (SSSR count). The lowest BCUT2D eigenvalue weighted by atomic mass is 10.0. The summed E-state index contributed by atoms with van der Waals surface area (Å²) in [7, 11) is 0. The maximum atomic E-state index is 5.58. The second-order valence-electron chi connectivity index (χ2n) is 5.53. The molecule has 2 heterocycles. The maximum Gasteiger partial charge on any atom is 0.122 e. The van der Waals surface area contributed by atoms with E-state index in [9.17, 15) is 0 Å². The summed E-state index contributed by atoms with van der Waals surface area (Å²) in [6.45, 7) is 5.09. The van der Waals surface area contributed by atoms with Crippen LogP contribution in [0.1, 0.15) is 36.9 Å². The van der Waals surface area contributed by atoms with Crippen LogP contribution in [0.4, 0.5) is 0 Å². The third-order valence-electron chi connectivity index (χ3n) is 4.07. The minimum absolute atomic E-state index is 0.429. The Morgan fingerprint density at radius 1 is 1.43 bits per heavy atom. The molecule has 1 aromatic heterocycles. The molecule has 1 N–H and O–H groups in total. The first-order valence-electron chi connectivity index (χ1n) is 7.81. The molecule has 21 heavy (non-hydrogen) atoms. The Balaban J connectivity index is 1.52. The molecule has 0 spiro atoms. The number of aryl methyl sites for hydroxylation is 1. The highest BCUT2D eigenvalue weighted by Crippen LogP contribution is 2.29. The Morgan fingerprint density at radius 2 is 2.38 bits per heavy atom. The van der Waals surface area contributed by atoms with E-state index in [4.69, 9.17) is 4.74 Å². The summed E-state index contributed by atoms with van der Waals surface area (Å²) in [5.41, 5.74) is 2.73. The molecule has 112 valence electrons. The van der Waals surface area contributed by atoms with Crippen LogP contribution in [0.3, 0.4) is 0 Å². The fourth-order valence-corrected chi connectivity index (χ4v) is 2.88. The van der Waals surface area contributed by atoms with Crippen LogP contribution >= 0.6 is 0 Å². The van der Waals surface area contributed by atoms with Gasteiger partial charge in [0, 0.05) is 31.4 Å². The highest BCUT2D eigenvalue weighted by molar-refractivity contribution is 5.40. The van der Waals surface area contributed by atoms with Gasteiger partial charge >= 0.3 is 0 Å². The Labute approximate surface area is 126 Å². The van der Waals surface area contributed by atoms with Gasteiger partial charge in [0.1, 0.15) is 5.75 Å². The van der Waals surface area contributed by atoms with E-state index in [1.807, 2.05) is 18.7 Å². The molecular weight excluding hydrogens is 262 g/mol. The molecule has 4 heteroatoms. The molecule has 0 fully saturated rings. The van der Waals surface area contributed by atoms with Crippen molar-refractivity contribution < 1.29 is 4.74 Å². The van der Waals surface area contributed by atoms with Crippen molar-refractivity contribution in [3.8, 4) is 5.75 Å². The summed E-state index contributed by atoms with van der Waals surface area (Å²) in [5, 5.41) is 3.66. The van der Waals surface area contributed by atoms with Gasteiger partial charge in [-0.1, -0.05) is 19.1 Å². The van der Waals surface area contributed by atoms with E-state index in [0.29, 0.717) is 6.04 Å². The first kappa shape index (κ1) is 14.1. The number of hydrogen-bond acceptors (Lipinski definition) is 3. The van der Waals surface area contributed by atoms with Crippen molar-refractivity contribution in [2.75, 3.05) is 13.2 Å². The number of fused-ring (bicyclic) bond motifs is 1. The number of rotatable bonds is 7. The molecule has 0 radical (unpaired) electrons. The molecule has 0 amide bonds. The van der Waals surface area contributed by atoms with E-state index in [1.165, 1.54) is 11.1 Å². The van der Waals surface area contributed by atoms with Crippen LogP contribution < -0.4 is 10.1 Å². The van der Waals surface area contributed by atoms with Gasteiger partial charge in [-0.15, -0.1) is 0 Å². The molecular formula is C17H23N3O. The molecule has 4 nitrogen and oxygen atoms in total. The van der Waals surface area contributed by atoms with Gasteiger partial charge < -0.3 is 14.6 Å². The number of ether oxygens (including phenoxy) is 1. The molecule has 1 aliphatic rings. The molecule has 0 aliphatic carbocycles. The van der Waals surface area contributed by atoms with Crippen molar-refractivity contribution in [2.45, 2.75) is 38.8 Å². The van der Waals surface area contributed by atoms with Crippen LogP contribution in [0.5, 0.6) is 5.75 Å². The van der Waals surface area contributed by atoms with Crippen molar-refractivity contribution in [2.24, 2.45) is 0 Å². The van der Waals surface area contributed by atoms with E-state index in [-0.39, 0.29) is 0 Å². The number of imidazole rings is 1. The Morgan fingerprint density at radius 3 is 3.19 bits per heavy atom. The van der Waals surface area contributed by atoms with Crippen LogP contribution in [-0.4, -0.2) is 22.7 Å². The average Bonchev–Trinajstić information content (AvgIpc) is 3.17. The van der Waals surface area contributed by atoms with E-state index < -0.39 is 0 Å². The quantitative estimate of drug-likeness (QED) is 0.795. The monoisotopic (exact) mass is 285 g/mol. The van der Waals surface area contributed by atoms with Crippen LogP contribution in [0.25, 0.3) is 0 Å². The number of aromatic nitrogens is 2. The van der Waals surface area contributed by atoms with E-state index >= 15 is 0 Å². The summed E-state index contributed by atoms with van der Waals surface area (Å²) < 4.78 is 7.70. The normalized spacial score (nSPS) is 14.7. The summed E-state index contributed by atoms with van der Waals surface area (Å²) >= 11 is 0. The first-order chi connectivity index (χ1) is 10.4. The van der Waals surface area contributed by atoms with Gasteiger partial charge in [0.05, 0.1) is 12.9 Å².